The van der Waals surface area contributed by atoms with Crippen molar-refractivity contribution in [2.45, 2.75) is 57.3 Å². The van der Waals surface area contributed by atoms with Crippen molar-refractivity contribution >= 4 is 63.5 Å². The summed E-state index contributed by atoms with van der Waals surface area (Å²) in [6.07, 6.45) is 0.367. The molecular formula is C35H36N10O6S2. The Morgan fingerprint density at radius 3 is 2.45 bits per heavy atom. The Kier molecular flexibility index (Phi) is 9.65. The fourth-order valence-electron chi connectivity index (χ4n) is 6.31. The summed E-state index contributed by atoms with van der Waals surface area (Å²) in [5.41, 5.74) is -0.349. The SMILES string of the molecule is C=C[C@@H]1C[C@]1(NC(=O)[C@@H]1C[C@@H](Oc2nc3ccccc3nc2-c2cccs2)CN1C(=O)[C@@H](NC(=O)Oc1cccs1)C(C)(C)C)C(=O)Nc1nn[nH]n1. The minimum absolute atomic E-state index is 0.0313. The van der Waals surface area contributed by atoms with Crippen molar-refractivity contribution < 1.29 is 28.7 Å². The number of H-pyrrole nitrogens is 1. The van der Waals surface area contributed by atoms with E-state index in [1.54, 1.807) is 44.4 Å². The maximum absolute atomic E-state index is 14.6. The lowest BCUT2D eigenvalue weighted by Gasteiger charge is -2.35. The Morgan fingerprint density at radius 2 is 1.81 bits per heavy atom. The molecule has 4 aromatic heterocycles. The first-order chi connectivity index (χ1) is 25.4. The molecule has 2 aliphatic rings. The second-order valence-corrected chi connectivity index (χ2v) is 15.6. The summed E-state index contributed by atoms with van der Waals surface area (Å²) >= 11 is 2.71. The molecule has 5 aromatic rings. The first-order valence-electron chi connectivity index (χ1n) is 16.7. The normalized spacial score (nSPS) is 21.4. The number of para-hydroxylation sites is 2. The zero-order valence-electron chi connectivity index (χ0n) is 28.9. The van der Waals surface area contributed by atoms with Crippen LogP contribution in [0.1, 0.15) is 33.6 Å². The van der Waals surface area contributed by atoms with Crippen molar-refractivity contribution in [3.8, 4) is 21.5 Å². The molecule has 1 saturated carbocycles. The molecule has 1 saturated heterocycles. The van der Waals surface area contributed by atoms with Gasteiger partial charge in [0.15, 0.2) is 5.06 Å². The van der Waals surface area contributed by atoms with Gasteiger partial charge in [-0.25, -0.2) is 14.8 Å². The maximum Gasteiger partial charge on any atom is 0.414 e. The molecule has 16 nitrogen and oxygen atoms in total. The minimum atomic E-state index is -1.37. The standard InChI is InChI=1S/C35H36N10O6S2/c1-5-19-17-35(19,31(48)39-32-41-43-44-42-32)40-28(46)23-16-20(50-29-26(24-12-8-14-52-24)36-21-10-6-7-11-22(21)37-29)18-45(23)30(47)27(34(2,3)4)38-33(49)51-25-13-9-15-53-25/h5-15,19-20,23,27H,1,16-18H2,2-4H3,(H,38,49)(H,40,46)(H2,39,41,42,43,44,48)/t19-,20-,23+,27-,35-/m1/s1. The van der Waals surface area contributed by atoms with Crippen LogP contribution < -0.4 is 25.4 Å². The van der Waals surface area contributed by atoms with Gasteiger partial charge < -0.3 is 25.0 Å². The van der Waals surface area contributed by atoms with E-state index in [9.17, 15) is 19.2 Å². The lowest BCUT2D eigenvalue weighted by molar-refractivity contribution is -0.142. The van der Waals surface area contributed by atoms with Gasteiger partial charge in [0.1, 0.15) is 29.4 Å². The Balaban J connectivity index is 1.19. The average Bonchev–Trinajstić information content (AvgIpc) is 3.80. The molecule has 274 valence electrons. The van der Waals surface area contributed by atoms with Crippen LogP contribution in [0.2, 0.25) is 0 Å². The molecule has 1 aromatic carbocycles. The van der Waals surface area contributed by atoms with Crippen LogP contribution >= 0.6 is 22.7 Å². The van der Waals surface area contributed by atoms with Crippen LogP contribution in [-0.4, -0.2) is 89.6 Å². The number of benzene rings is 1. The molecule has 1 aliphatic heterocycles. The second kappa shape index (κ2) is 14.3. The van der Waals surface area contributed by atoms with Crippen LogP contribution in [-0.2, 0) is 14.4 Å². The average molecular weight is 757 g/mol. The molecule has 4 amide bonds. The predicted octanol–water partition coefficient (Wildman–Crippen LogP) is 4.18. The fraction of sp³-hybridized carbons (Fsp3) is 0.343. The topological polar surface area (TPSA) is 206 Å². The molecule has 1 aliphatic carbocycles. The van der Waals surface area contributed by atoms with Crippen LogP contribution in [0.4, 0.5) is 10.7 Å². The Bertz CT molecular complexity index is 2140. The van der Waals surface area contributed by atoms with Gasteiger partial charge >= 0.3 is 6.09 Å². The van der Waals surface area contributed by atoms with E-state index in [0.717, 1.165) is 4.88 Å². The molecule has 7 rings (SSSR count). The third-order valence-corrected chi connectivity index (χ3v) is 10.7. The maximum atomic E-state index is 14.6. The highest BCUT2D eigenvalue weighted by Crippen LogP contribution is 2.45. The van der Waals surface area contributed by atoms with Crippen molar-refractivity contribution in [1.29, 1.82) is 0 Å². The number of likely N-dealkylation sites (tertiary alicyclic amines) is 1. The molecule has 0 bridgehead atoms. The molecule has 4 N–H and O–H groups in total. The van der Waals surface area contributed by atoms with E-state index in [-0.39, 0.29) is 31.2 Å². The molecule has 0 spiro atoms. The van der Waals surface area contributed by atoms with E-state index >= 15 is 0 Å². The van der Waals surface area contributed by atoms with E-state index in [2.05, 4.69) is 43.2 Å². The third kappa shape index (κ3) is 7.45. The van der Waals surface area contributed by atoms with E-state index < -0.39 is 58.9 Å². The highest BCUT2D eigenvalue weighted by molar-refractivity contribution is 7.13. The first kappa shape index (κ1) is 35.6. The van der Waals surface area contributed by atoms with Crippen LogP contribution in [0.25, 0.3) is 21.6 Å². The number of fused-ring (bicyclic) bond motifs is 1. The van der Waals surface area contributed by atoms with Gasteiger partial charge in [-0.05, 0) is 58.1 Å². The highest BCUT2D eigenvalue weighted by atomic mass is 32.1. The van der Waals surface area contributed by atoms with Crippen molar-refractivity contribution in [3.05, 3.63) is 71.9 Å². The lowest BCUT2D eigenvalue weighted by Crippen LogP contribution is -2.59. The molecule has 2 fully saturated rings. The van der Waals surface area contributed by atoms with Gasteiger partial charge in [0.2, 0.25) is 17.7 Å². The van der Waals surface area contributed by atoms with Gasteiger partial charge in [-0.2, -0.15) is 5.21 Å². The predicted molar refractivity (Wildman–Crippen MR) is 196 cm³/mol. The quantitative estimate of drug-likeness (QED) is 0.141. The monoisotopic (exact) mass is 756 g/mol. The molecule has 0 unspecified atom stereocenters. The smallest absolute Gasteiger partial charge is 0.414 e. The minimum Gasteiger partial charge on any atom is -0.471 e. The third-order valence-electron chi connectivity index (χ3n) is 9.10. The van der Waals surface area contributed by atoms with Gasteiger partial charge in [0, 0.05) is 12.3 Å². The number of carbonyl (C=O) groups is 4. The van der Waals surface area contributed by atoms with E-state index in [4.69, 9.17) is 19.4 Å². The second-order valence-electron chi connectivity index (χ2n) is 13.8. The van der Waals surface area contributed by atoms with E-state index in [1.807, 2.05) is 41.8 Å². The van der Waals surface area contributed by atoms with Gasteiger partial charge in [-0.15, -0.1) is 34.4 Å². The summed E-state index contributed by atoms with van der Waals surface area (Å²) in [5, 5.41) is 25.6. The van der Waals surface area contributed by atoms with Crippen molar-refractivity contribution in [2.75, 3.05) is 11.9 Å². The number of anilines is 1. The number of nitrogens with zero attached hydrogens (tertiary/aromatic N) is 6. The molecule has 5 heterocycles. The van der Waals surface area contributed by atoms with Gasteiger partial charge in [-0.3, -0.25) is 19.7 Å². The largest absolute Gasteiger partial charge is 0.471 e. The summed E-state index contributed by atoms with van der Waals surface area (Å²) in [6.45, 7) is 9.20. The van der Waals surface area contributed by atoms with Crippen LogP contribution in [0, 0.1) is 11.3 Å². The number of hydrogen-bond donors (Lipinski definition) is 4. The van der Waals surface area contributed by atoms with Gasteiger partial charge in [0.05, 0.1) is 22.5 Å². The first-order valence-corrected chi connectivity index (χ1v) is 18.5. The van der Waals surface area contributed by atoms with Gasteiger partial charge in [0.25, 0.3) is 11.9 Å². The number of tetrazole rings is 1. The molecule has 5 atom stereocenters. The highest BCUT2D eigenvalue weighted by Gasteiger charge is 2.61. The molecule has 53 heavy (non-hydrogen) atoms. The number of carbonyl (C=O) groups excluding carboxylic acids is 4. The zero-order valence-corrected chi connectivity index (χ0v) is 30.6. The zero-order chi connectivity index (χ0) is 37.3. The summed E-state index contributed by atoms with van der Waals surface area (Å²) in [7, 11) is 0. The number of hydrogen-bond acceptors (Lipinski definition) is 13. The van der Waals surface area contributed by atoms with Crippen molar-refractivity contribution in [1.82, 2.24) is 46.1 Å². The van der Waals surface area contributed by atoms with E-state index in [0.29, 0.717) is 21.8 Å². The molecular weight excluding hydrogens is 721 g/mol. The lowest BCUT2D eigenvalue weighted by atomic mass is 9.85. The summed E-state index contributed by atoms with van der Waals surface area (Å²) in [6, 6.07) is 12.4. The number of amides is 4. The van der Waals surface area contributed by atoms with Crippen molar-refractivity contribution in [2.24, 2.45) is 11.3 Å². The number of rotatable bonds is 11. The molecule has 0 radical (unpaired) electrons. The molecule has 18 heteroatoms. The summed E-state index contributed by atoms with van der Waals surface area (Å²) < 4.78 is 12.0. The fourth-order valence-corrected chi connectivity index (χ4v) is 7.59. The summed E-state index contributed by atoms with van der Waals surface area (Å²) in [5.74, 6) is -1.88. The number of aromatic amines is 1. The van der Waals surface area contributed by atoms with Crippen molar-refractivity contribution in [3.63, 3.8) is 0 Å². The number of thiophene rings is 2. The van der Waals surface area contributed by atoms with E-state index in [1.165, 1.54) is 27.6 Å². The van der Waals surface area contributed by atoms with Gasteiger partial charge in [-0.1, -0.05) is 50.1 Å². The number of nitrogens with one attached hydrogen (secondary N) is 4. The van der Waals surface area contributed by atoms with Crippen LogP contribution in [0.5, 0.6) is 10.9 Å². The Morgan fingerprint density at radius 1 is 1.06 bits per heavy atom. The van der Waals surface area contributed by atoms with Crippen LogP contribution in [0.15, 0.2) is 71.9 Å². The van der Waals surface area contributed by atoms with Crippen LogP contribution in [0.3, 0.4) is 0 Å². The number of aromatic nitrogens is 6. The summed E-state index contributed by atoms with van der Waals surface area (Å²) in [4.78, 5) is 67.4. The number of ether oxygens (including phenoxy) is 2. The Labute approximate surface area is 311 Å². The Hall–Kier alpha value is -5.75.